The van der Waals surface area contributed by atoms with Gasteiger partial charge in [-0.2, -0.15) is 0 Å². The van der Waals surface area contributed by atoms with Crippen LogP contribution in [0.25, 0.3) is 0 Å². The van der Waals surface area contributed by atoms with Crippen LogP contribution in [-0.2, 0) is 11.3 Å². The number of hydrogen-bond donors (Lipinski definition) is 2. The van der Waals surface area contributed by atoms with E-state index < -0.39 is 0 Å². The molecule has 0 atom stereocenters. The van der Waals surface area contributed by atoms with Gasteiger partial charge in [-0.3, -0.25) is 9.59 Å². The van der Waals surface area contributed by atoms with Crippen LogP contribution in [0.4, 0.5) is 5.69 Å². The van der Waals surface area contributed by atoms with Crippen LogP contribution in [0, 0.1) is 5.92 Å². The van der Waals surface area contributed by atoms with Gasteiger partial charge in [0.05, 0.1) is 7.11 Å². The Labute approximate surface area is 141 Å². The molecule has 3 rings (SSSR count). The second kappa shape index (κ2) is 7.17. The number of ether oxygens (including phenoxy) is 1. The molecule has 124 valence electrons. The van der Waals surface area contributed by atoms with Gasteiger partial charge in [-0.1, -0.05) is 12.1 Å². The maximum absolute atomic E-state index is 12.2. The molecular weight excluding hydrogens is 304 g/mol. The minimum absolute atomic E-state index is 0.0618. The number of hydrogen-bond acceptors (Lipinski definition) is 3. The summed E-state index contributed by atoms with van der Waals surface area (Å²) in [4.78, 5) is 23.9. The minimum atomic E-state index is -0.147. The molecule has 2 aromatic carbocycles. The smallest absolute Gasteiger partial charge is 0.251 e. The molecule has 0 bridgehead atoms. The van der Waals surface area contributed by atoms with Crippen LogP contribution in [0.15, 0.2) is 48.5 Å². The lowest BCUT2D eigenvalue weighted by molar-refractivity contribution is -0.117. The van der Waals surface area contributed by atoms with Crippen molar-refractivity contribution in [2.45, 2.75) is 19.4 Å². The molecule has 0 saturated heterocycles. The van der Waals surface area contributed by atoms with Crippen LogP contribution in [0.5, 0.6) is 5.75 Å². The van der Waals surface area contributed by atoms with Crippen molar-refractivity contribution in [2.24, 2.45) is 5.92 Å². The Kier molecular flexibility index (Phi) is 4.79. The number of rotatable bonds is 6. The first-order valence-electron chi connectivity index (χ1n) is 7.98. The zero-order valence-corrected chi connectivity index (χ0v) is 13.5. The van der Waals surface area contributed by atoms with Crippen molar-refractivity contribution in [2.75, 3.05) is 12.4 Å². The second-order valence-corrected chi connectivity index (χ2v) is 5.87. The van der Waals surface area contributed by atoms with Gasteiger partial charge in [0, 0.05) is 23.7 Å². The number of carbonyl (C=O) groups excluding carboxylic acids is 2. The van der Waals surface area contributed by atoms with Gasteiger partial charge in [0.1, 0.15) is 5.75 Å². The first-order chi connectivity index (χ1) is 11.7. The maximum atomic E-state index is 12.2. The molecular formula is C19H20N2O3. The third kappa shape index (κ3) is 4.13. The van der Waals surface area contributed by atoms with Crippen LogP contribution in [0.3, 0.4) is 0 Å². The highest BCUT2D eigenvalue weighted by molar-refractivity contribution is 5.96. The van der Waals surface area contributed by atoms with E-state index in [-0.39, 0.29) is 17.7 Å². The van der Waals surface area contributed by atoms with Crippen molar-refractivity contribution in [3.63, 3.8) is 0 Å². The second-order valence-electron chi connectivity index (χ2n) is 5.87. The summed E-state index contributed by atoms with van der Waals surface area (Å²) in [5.74, 6) is 0.865. The molecule has 2 aromatic rings. The number of amides is 2. The van der Waals surface area contributed by atoms with E-state index in [1.54, 1.807) is 31.4 Å². The number of benzene rings is 2. The van der Waals surface area contributed by atoms with Crippen molar-refractivity contribution in [1.29, 1.82) is 0 Å². The predicted molar refractivity (Wildman–Crippen MR) is 92.0 cm³/mol. The monoisotopic (exact) mass is 324 g/mol. The molecule has 5 heteroatoms. The number of anilines is 1. The van der Waals surface area contributed by atoms with E-state index in [4.69, 9.17) is 4.74 Å². The van der Waals surface area contributed by atoms with Crippen molar-refractivity contribution in [3.8, 4) is 5.75 Å². The van der Waals surface area contributed by atoms with Gasteiger partial charge < -0.3 is 15.4 Å². The molecule has 0 radical (unpaired) electrons. The molecule has 0 heterocycles. The Morgan fingerprint density at radius 3 is 2.29 bits per heavy atom. The van der Waals surface area contributed by atoms with Gasteiger partial charge in [-0.15, -0.1) is 0 Å². The van der Waals surface area contributed by atoms with Gasteiger partial charge >= 0.3 is 0 Å². The van der Waals surface area contributed by atoms with Gasteiger partial charge in [-0.05, 0) is 54.8 Å². The zero-order chi connectivity index (χ0) is 16.9. The molecule has 1 aliphatic carbocycles. The van der Waals surface area contributed by atoms with Crippen LogP contribution in [0.2, 0.25) is 0 Å². The molecule has 1 aliphatic rings. The van der Waals surface area contributed by atoms with Crippen molar-refractivity contribution in [1.82, 2.24) is 5.32 Å². The topological polar surface area (TPSA) is 67.4 Å². The third-order valence-electron chi connectivity index (χ3n) is 3.97. The Morgan fingerprint density at radius 2 is 1.71 bits per heavy atom. The molecule has 2 N–H and O–H groups in total. The van der Waals surface area contributed by atoms with Crippen molar-refractivity contribution < 1.29 is 14.3 Å². The molecule has 0 aromatic heterocycles. The lowest BCUT2D eigenvalue weighted by Crippen LogP contribution is -2.22. The van der Waals surface area contributed by atoms with Gasteiger partial charge in [0.15, 0.2) is 0 Å². The van der Waals surface area contributed by atoms with Crippen LogP contribution < -0.4 is 15.4 Å². The van der Waals surface area contributed by atoms with E-state index in [1.165, 1.54) is 0 Å². The Hall–Kier alpha value is -2.82. The average molecular weight is 324 g/mol. The quantitative estimate of drug-likeness (QED) is 0.858. The van der Waals surface area contributed by atoms with Crippen LogP contribution in [0.1, 0.15) is 28.8 Å². The standard InChI is InChI=1S/C19H20N2O3/c1-24-17-10-2-13(3-11-17)12-20-18(22)14-6-8-16(9-7-14)21-19(23)15-4-5-15/h2-3,6-11,15H,4-5,12H2,1H3,(H,20,22)(H,21,23). The normalized spacial score (nSPS) is 13.2. The third-order valence-corrected chi connectivity index (χ3v) is 3.97. The molecule has 5 nitrogen and oxygen atoms in total. The maximum Gasteiger partial charge on any atom is 0.251 e. The number of carbonyl (C=O) groups is 2. The molecule has 1 saturated carbocycles. The summed E-state index contributed by atoms with van der Waals surface area (Å²) in [6.07, 6.45) is 1.94. The van der Waals surface area contributed by atoms with E-state index in [0.29, 0.717) is 12.1 Å². The van der Waals surface area contributed by atoms with Gasteiger partial charge in [0.25, 0.3) is 5.91 Å². The summed E-state index contributed by atoms with van der Waals surface area (Å²) in [5.41, 5.74) is 2.28. The molecule has 0 spiro atoms. The lowest BCUT2D eigenvalue weighted by atomic mass is 10.1. The first kappa shape index (κ1) is 16.1. The molecule has 2 amide bonds. The number of nitrogens with one attached hydrogen (secondary N) is 2. The summed E-state index contributed by atoms with van der Waals surface area (Å²) >= 11 is 0. The summed E-state index contributed by atoms with van der Waals surface area (Å²) in [6, 6.07) is 14.5. The fraction of sp³-hybridized carbons (Fsp3) is 0.263. The average Bonchev–Trinajstić information content (AvgIpc) is 3.46. The highest BCUT2D eigenvalue weighted by Gasteiger charge is 2.29. The molecule has 0 unspecified atom stereocenters. The fourth-order valence-electron chi connectivity index (χ4n) is 2.32. The largest absolute Gasteiger partial charge is 0.497 e. The first-order valence-corrected chi connectivity index (χ1v) is 7.98. The Bertz CT molecular complexity index is 719. The summed E-state index contributed by atoms with van der Waals surface area (Å²) < 4.78 is 5.10. The number of methoxy groups -OCH3 is 1. The summed E-state index contributed by atoms with van der Waals surface area (Å²) in [5, 5.41) is 5.73. The van der Waals surface area contributed by atoms with Crippen molar-refractivity contribution >= 4 is 17.5 Å². The summed E-state index contributed by atoms with van der Waals surface area (Å²) in [7, 11) is 1.62. The van der Waals surface area contributed by atoms with Gasteiger partial charge in [0.2, 0.25) is 5.91 Å². The fourth-order valence-corrected chi connectivity index (χ4v) is 2.32. The molecule has 24 heavy (non-hydrogen) atoms. The molecule has 0 aliphatic heterocycles. The van der Waals surface area contributed by atoms with E-state index >= 15 is 0 Å². The van der Waals surface area contributed by atoms with E-state index in [0.717, 1.165) is 29.8 Å². The highest BCUT2D eigenvalue weighted by atomic mass is 16.5. The zero-order valence-electron chi connectivity index (χ0n) is 13.5. The van der Waals surface area contributed by atoms with E-state index in [9.17, 15) is 9.59 Å². The Balaban J connectivity index is 1.53. The SMILES string of the molecule is COc1ccc(CNC(=O)c2ccc(NC(=O)C3CC3)cc2)cc1. The van der Waals surface area contributed by atoms with Gasteiger partial charge in [-0.25, -0.2) is 0 Å². The Morgan fingerprint density at radius 1 is 1.04 bits per heavy atom. The molecule has 1 fully saturated rings. The highest BCUT2D eigenvalue weighted by Crippen LogP contribution is 2.30. The van der Waals surface area contributed by atoms with E-state index in [2.05, 4.69) is 10.6 Å². The minimum Gasteiger partial charge on any atom is -0.497 e. The van der Waals surface area contributed by atoms with Crippen LogP contribution >= 0.6 is 0 Å². The predicted octanol–water partition coefficient (Wildman–Crippen LogP) is 2.97. The lowest BCUT2D eigenvalue weighted by Gasteiger charge is -2.08. The summed E-state index contributed by atoms with van der Waals surface area (Å²) in [6.45, 7) is 0.447. The van der Waals surface area contributed by atoms with E-state index in [1.807, 2.05) is 24.3 Å². The van der Waals surface area contributed by atoms with Crippen LogP contribution in [-0.4, -0.2) is 18.9 Å². The van der Waals surface area contributed by atoms with Crippen molar-refractivity contribution in [3.05, 3.63) is 59.7 Å².